The summed E-state index contributed by atoms with van der Waals surface area (Å²) in [5, 5.41) is 0. The van der Waals surface area contributed by atoms with E-state index < -0.39 is 5.66 Å². The number of hydrogen-bond donors (Lipinski definition) is 0. The Labute approximate surface area is 77.8 Å². The first-order chi connectivity index (χ1) is 6.18. The first-order valence-corrected chi connectivity index (χ1v) is 4.36. The Balaban J connectivity index is 4.23. The first-order valence-electron chi connectivity index (χ1n) is 4.36. The number of aliphatic imine (C=N–C) groups is 2. The number of rotatable bonds is 6. The zero-order chi connectivity index (χ0) is 10.2. The summed E-state index contributed by atoms with van der Waals surface area (Å²) in [5.41, 5.74) is -0.946. The molecule has 0 bridgehead atoms. The Morgan fingerprint density at radius 2 is 1.69 bits per heavy atom. The van der Waals surface area contributed by atoms with Crippen LogP contribution in [0.1, 0.15) is 39.5 Å². The van der Waals surface area contributed by atoms with Crippen LogP contribution in [0.15, 0.2) is 9.98 Å². The first kappa shape index (κ1) is 11.8. The van der Waals surface area contributed by atoms with Gasteiger partial charge in [0.25, 0.3) is 0 Å². The summed E-state index contributed by atoms with van der Waals surface area (Å²) in [6.45, 7) is 3.70. The quantitative estimate of drug-likeness (QED) is 0.358. The number of carbonyl (C=O) groups excluding carboxylic acids is 2. The molecule has 0 unspecified atom stereocenters. The van der Waals surface area contributed by atoms with Gasteiger partial charge in [-0.05, 0) is 19.8 Å². The molecule has 0 fully saturated rings. The fraction of sp³-hybridized carbons (Fsp3) is 0.778. The van der Waals surface area contributed by atoms with Crippen LogP contribution in [0, 0.1) is 0 Å². The third kappa shape index (κ3) is 5.07. The zero-order valence-corrected chi connectivity index (χ0v) is 8.04. The minimum Gasteiger partial charge on any atom is -0.211 e. The summed E-state index contributed by atoms with van der Waals surface area (Å²) in [6.07, 6.45) is 6.44. The second kappa shape index (κ2) is 6.30. The standard InChI is InChI=1S/C9H14N2O2/c1-3-4-5-6-9(2,10-7-12)11-8-13/h3-6H2,1-2H3. The molecule has 0 N–H and O–H groups in total. The molecule has 13 heavy (non-hydrogen) atoms. The van der Waals surface area contributed by atoms with Crippen LogP contribution in [-0.4, -0.2) is 17.8 Å². The highest BCUT2D eigenvalue weighted by Gasteiger charge is 2.21. The Kier molecular flexibility index (Phi) is 5.69. The van der Waals surface area contributed by atoms with E-state index in [-0.39, 0.29) is 0 Å². The van der Waals surface area contributed by atoms with Gasteiger partial charge in [-0.1, -0.05) is 19.8 Å². The smallest absolute Gasteiger partial charge is 0.211 e. The average molecular weight is 182 g/mol. The lowest BCUT2D eigenvalue weighted by molar-refractivity contribution is 0.423. The van der Waals surface area contributed by atoms with Gasteiger partial charge in [-0.2, -0.15) is 9.98 Å². The molecule has 72 valence electrons. The van der Waals surface area contributed by atoms with Crippen molar-refractivity contribution in [2.24, 2.45) is 9.98 Å². The van der Waals surface area contributed by atoms with Crippen LogP contribution in [0.25, 0.3) is 0 Å². The molecule has 0 atom stereocenters. The lowest BCUT2D eigenvalue weighted by Crippen LogP contribution is -2.18. The molecule has 0 aliphatic heterocycles. The van der Waals surface area contributed by atoms with Crippen LogP contribution < -0.4 is 0 Å². The molecule has 0 aromatic heterocycles. The summed E-state index contributed by atoms with van der Waals surface area (Å²) in [4.78, 5) is 27.1. The highest BCUT2D eigenvalue weighted by Crippen LogP contribution is 2.19. The Morgan fingerprint density at radius 1 is 1.15 bits per heavy atom. The van der Waals surface area contributed by atoms with Crippen molar-refractivity contribution < 1.29 is 9.59 Å². The van der Waals surface area contributed by atoms with Gasteiger partial charge in [0.1, 0.15) is 0 Å². The van der Waals surface area contributed by atoms with Crippen LogP contribution in [0.3, 0.4) is 0 Å². The van der Waals surface area contributed by atoms with Gasteiger partial charge in [0.15, 0.2) is 5.66 Å². The van der Waals surface area contributed by atoms with Gasteiger partial charge in [0.05, 0.1) is 0 Å². The molecule has 0 amide bonds. The molecule has 0 aliphatic rings. The Hall–Kier alpha value is -1.24. The van der Waals surface area contributed by atoms with E-state index in [1.165, 1.54) is 12.2 Å². The summed E-state index contributed by atoms with van der Waals surface area (Å²) in [6, 6.07) is 0. The van der Waals surface area contributed by atoms with Gasteiger partial charge in [0.2, 0.25) is 12.2 Å². The predicted octanol–water partition coefficient (Wildman–Crippen LogP) is 1.95. The maximum absolute atomic E-state index is 10.0. The summed E-state index contributed by atoms with van der Waals surface area (Å²) >= 11 is 0. The molecular weight excluding hydrogens is 168 g/mol. The van der Waals surface area contributed by atoms with E-state index in [0.29, 0.717) is 6.42 Å². The van der Waals surface area contributed by atoms with Crippen LogP contribution in [0.5, 0.6) is 0 Å². The van der Waals surface area contributed by atoms with Crippen molar-refractivity contribution in [2.45, 2.75) is 45.2 Å². The minimum absolute atomic E-state index is 0.589. The highest BCUT2D eigenvalue weighted by atomic mass is 16.1. The number of isocyanates is 2. The maximum Gasteiger partial charge on any atom is 0.237 e. The fourth-order valence-electron chi connectivity index (χ4n) is 1.04. The zero-order valence-electron chi connectivity index (χ0n) is 8.04. The second-order valence-electron chi connectivity index (χ2n) is 3.08. The van der Waals surface area contributed by atoms with E-state index in [1.807, 2.05) is 0 Å². The molecular formula is C9H14N2O2. The number of unbranched alkanes of at least 4 members (excludes halogenated alkanes) is 2. The van der Waals surface area contributed by atoms with Crippen molar-refractivity contribution in [3.63, 3.8) is 0 Å². The van der Waals surface area contributed by atoms with Gasteiger partial charge in [-0.15, -0.1) is 0 Å². The van der Waals surface area contributed by atoms with Crippen molar-refractivity contribution in [3.8, 4) is 0 Å². The second-order valence-corrected chi connectivity index (χ2v) is 3.08. The number of nitrogens with zero attached hydrogens (tertiary/aromatic N) is 2. The molecule has 0 aliphatic carbocycles. The monoisotopic (exact) mass is 182 g/mol. The van der Waals surface area contributed by atoms with Crippen molar-refractivity contribution >= 4 is 12.2 Å². The van der Waals surface area contributed by atoms with E-state index in [2.05, 4.69) is 16.9 Å². The molecule has 4 nitrogen and oxygen atoms in total. The van der Waals surface area contributed by atoms with Crippen molar-refractivity contribution in [3.05, 3.63) is 0 Å². The molecule has 0 spiro atoms. The van der Waals surface area contributed by atoms with Crippen molar-refractivity contribution in [1.82, 2.24) is 0 Å². The lowest BCUT2D eigenvalue weighted by Gasteiger charge is -2.15. The fourth-order valence-corrected chi connectivity index (χ4v) is 1.04. The Morgan fingerprint density at radius 3 is 2.08 bits per heavy atom. The van der Waals surface area contributed by atoms with Crippen molar-refractivity contribution in [1.29, 1.82) is 0 Å². The molecule has 0 rings (SSSR count). The van der Waals surface area contributed by atoms with E-state index in [1.54, 1.807) is 6.92 Å². The van der Waals surface area contributed by atoms with E-state index >= 15 is 0 Å². The third-order valence-electron chi connectivity index (χ3n) is 1.83. The molecule has 0 aromatic carbocycles. The van der Waals surface area contributed by atoms with Crippen LogP contribution in [-0.2, 0) is 9.59 Å². The van der Waals surface area contributed by atoms with E-state index in [9.17, 15) is 9.59 Å². The molecule has 0 radical (unpaired) electrons. The minimum atomic E-state index is -0.946. The summed E-state index contributed by atoms with van der Waals surface area (Å²) in [7, 11) is 0. The van der Waals surface area contributed by atoms with Gasteiger partial charge < -0.3 is 0 Å². The van der Waals surface area contributed by atoms with Crippen LogP contribution in [0.2, 0.25) is 0 Å². The molecule has 0 saturated heterocycles. The Bertz CT molecular complexity index is 220. The normalized spacial score (nSPS) is 13.7. The molecule has 0 heterocycles. The van der Waals surface area contributed by atoms with Gasteiger partial charge >= 0.3 is 0 Å². The molecule has 0 saturated carbocycles. The van der Waals surface area contributed by atoms with Crippen molar-refractivity contribution in [2.75, 3.05) is 0 Å². The maximum atomic E-state index is 10.0. The largest absolute Gasteiger partial charge is 0.237 e. The van der Waals surface area contributed by atoms with Crippen LogP contribution >= 0.6 is 0 Å². The van der Waals surface area contributed by atoms with Gasteiger partial charge in [0, 0.05) is 0 Å². The highest BCUT2D eigenvalue weighted by molar-refractivity contribution is 5.38. The van der Waals surface area contributed by atoms with E-state index in [0.717, 1.165) is 19.3 Å². The predicted molar refractivity (Wildman–Crippen MR) is 48.8 cm³/mol. The van der Waals surface area contributed by atoms with Gasteiger partial charge in [-0.3, -0.25) is 0 Å². The number of hydrogen-bond acceptors (Lipinski definition) is 4. The molecule has 0 aromatic rings. The molecule has 4 heteroatoms. The van der Waals surface area contributed by atoms with Crippen LogP contribution in [0.4, 0.5) is 0 Å². The SMILES string of the molecule is CCCCCC(C)(N=C=O)N=C=O. The lowest BCUT2D eigenvalue weighted by atomic mass is 10.1. The van der Waals surface area contributed by atoms with E-state index in [4.69, 9.17) is 0 Å². The topological polar surface area (TPSA) is 58.9 Å². The third-order valence-corrected chi connectivity index (χ3v) is 1.83. The van der Waals surface area contributed by atoms with Gasteiger partial charge in [-0.25, -0.2) is 9.59 Å². The summed E-state index contributed by atoms with van der Waals surface area (Å²) < 4.78 is 0. The average Bonchev–Trinajstić information content (AvgIpc) is 2.05. The summed E-state index contributed by atoms with van der Waals surface area (Å²) in [5.74, 6) is 0.